The zero-order chi connectivity index (χ0) is 15.1. The predicted molar refractivity (Wildman–Crippen MR) is 83.0 cm³/mol. The number of nitrogens with zero attached hydrogens (tertiary/aromatic N) is 2. The van der Waals surface area contributed by atoms with Crippen molar-refractivity contribution in [2.24, 2.45) is 0 Å². The highest BCUT2D eigenvalue weighted by molar-refractivity contribution is 5.96. The Bertz CT molecular complexity index is 775. The molecule has 4 heterocycles. The number of piperidine rings is 1. The molecule has 0 spiro atoms. The molecule has 2 aromatic rings. The molecule has 3 aliphatic heterocycles. The fourth-order valence-corrected chi connectivity index (χ4v) is 3.53. The quantitative estimate of drug-likeness (QED) is 0.804. The largest absolute Gasteiger partial charge is 0.463 e. The number of benzene rings is 1. The highest BCUT2D eigenvalue weighted by Gasteiger charge is 2.33. The maximum absolute atomic E-state index is 12.9. The number of rotatable bonds is 1. The average Bonchev–Trinajstić information content (AvgIpc) is 2.89. The molecule has 5 heteroatoms. The first-order valence-electron chi connectivity index (χ1n) is 7.78. The third-order valence-electron chi connectivity index (χ3n) is 4.83. The van der Waals surface area contributed by atoms with E-state index in [1.165, 1.54) is 6.26 Å². The normalized spacial score (nSPS) is 24.5. The number of para-hydroxylation sites is 1. The molecule has 0 radical (unpaired) electrons. The highest BCUT2D eigenvalue weighted by Crippen LogP contribution is 2.22. The van der Waals surface area contributed by atoms with Crippen LogP contribution in [-0.4, -0.2) is 47.9 Å². The molecule has 1 amide bonds. The van der Waals surface area contributed by atoms with Crippen molar-refractivity contribution in [3.8, 4) is 0 Å². The molecule has 5 nitrogen and oxygen atoms in total. The Hall–Kier alpha value is -2.14. The van der Waals surface area contributed by atoms with Crippen LogP contribution in [0.5, 0.6) is 0 Å². The van der Waals surface area contributed by atoms with E-state index in [-0.39, 0.29) is 22.9 Å². The topological polar surface area (TPSA) is 53.8 Å². The molecule has 3 aliphatic rings. The first-order valence-corrected chi connectivity index (χ1v) is 7.78. The molecule has 0 unspecified atom stereocenters. The molecule has 0 atom stereocenters. The van der Waals surface area contributed by atoms with Crippen LogP contribution in [0.2, 0.25) is 0 Å². The first-order chi connectivity index (χ1) is 10.7. The Labute approximate surface area is 128 Å². The summed E-state index contributed by atoms with van der Waals surface area (Å²) in [4.78, 5) is 29.7. The molecule has 22 heavy (non-hydrogen) atoms. The van der Waals surface area contributed by atoms with Crippen LogP contribution in [0.4, 0.5) is 0 Å². The average molecular weight is 298 g/mol. The van der Waals surface area contributed by atoms with Crippen molar-refractivity contribution >= 4 is 16.9 Å². The molecule has 2 bridgehead atoms. The van der Waals surface area contributed by atoms with Crippen LogP contribution >= 0.6 is 0 Å². The van der Waals surface area contributed by atoms with Crippen molar-refractivity contribution in [2.75, 3.05) is 26.2 Å². The second kappa shape index (κ2) is 5.25. The van der Waals surface area contributed by atoms with Gasteiger partial charge in [-0.3, -0.25) is 9.59 Å². The Morgan fingerprint density at radius 1 is 1.09 bits per heavy atom. The lowest BCUT2D eigenvalue weighted by Crippen LogP contribution is -2.43. The number of amides is 1. The SMILES string of the molecule is O=C(c1coc2ccccc2c1=O)N1CCN2CCC1CC2. The summed E-state index contributed by atoms with van der Waals surface area (Å²) in [5, 5.41) is 0.469. The van der Waals surface area contributed by atoms with Crippen molar-refractivity contribution in [2.45, 2.75) is 18.9 Å². The molecule has 3 fully saturated rings. The van der Waals surface area contributed by atoms with Crippen LogP contribution in [0, 0.1) is 0 Å². The zero-order valence-electron chi connectivity index (χ0n) is 12.3. The van der Waals surface area contributed by atoms with E-state index < -0.39 is 0 Å². The number of carbonyl (C=O) groups excluding carboxylic acids is 1. The fraction of sp³-hybridized carbons (Fsp3) is 0.412. The van der Waals surface area contributed by atoms with E-state index in [0.717, 1.165) is 32.5 Å². The monoisotopic (exact) mass is 298 g/mol. The van der Waals surface area contributed by atoms with Crippen molar-refractivity contribution in [3.63, 3.8) is 0 Å². The van der Waals surface area contributed by atoms with E-state index >= 15 is 0 Å². The lowest BCUT2D eigenvalue weighted by molar-refractivity contribution is 0.0681. The van der Waals surface area contributed by atoms with Gasteiger partial charge in [-0.25, -0.2) is 0 Å². The number of hydrogen-bond donors (Lipinski definition) is 0. The second-order valence-electron chi connectivity index (χ2n) is 6.05. The van der Waals surface area contributed by atoms with Gasteiger partial charge in [-0.05, 0) is 25.0 Å². The van der Waals surface area contributed by atoms with Crippen molar-refractivity contribution < 1.29 is 9.21 Å². The Morgan fingerprint density at radius 3 is 2.68 bits per heavy atom. The number of fused-ring (bicyclic) bond motifs is 5. The molecular weight excluding hydrogens is 280 g/mol. The van der Waals surface area contributed by atoms with Crippen molar-refractivity contribution in [3.05, 3.63) is 46.3 Å². The smallest absolute Gasteiger partial charge is 0.261 e. The molecular formula is C17H18N2O3. The Morgan fingerprint density at radius 2 is 1.86 bits per heavy atom. The van der Waals surface area contributed by atoms with Gasteiger partial charge < -0.3 is 14.2 Å². The molecule has 5 rings (SSSR count). The minimum Gasteiger partial charge on any atom is -0.463 e. The summed E-state index contributed by atoms with van der Waals surface area (Å²) in [6.45, 7) is 3.67. The van der Waals surface area contributed by atoms with E-state index in [9.17, 15) is 9.59 Å². The van der Waals surface area contributed by atoms with Crippen LogP contribution in [0.1, 0.15) is 23.2 Å². The summed E-state index contributed by atoms with van der Waals surface area (Å²) < 4.78 is 5.49. The third kappa shape index (κ3) is 2.13. The number of hydrogen-bond acceptors (Lipinski definition) is 4. The van der Waals surface area contributed by atoms with Crippen LogP contribution in [0.15, 0.2) is 39.7 Å². The summed E-state index contributed by atoms with van der Waals surface area (Å²) in [5.41, 5.74) is 0.442. The minimum absolute atomic E-state index is 0.152. The van der Waals surface area contributed by atoms with Gasteiger partial charge in [0.15, 0.2) is 0 Å². The summed E-state index contributed by atoms with van der Waals surface area (Å²) in [7, 11) is 0. The van der Waals surface area contributed by atoms with E-state index in [1.807, 2.05) is 11.0 Å². The molecule has 0 saturated carbocycles. The van der Waals surface area contributed by atoms with Crippen molar-refractivity contribution in [1.82, 2.24) is 9.80 Å². The van der Waals surface area contributed by atoms with Gasteiger partial charge in [-0.2, -0.15) is 0 Å². The maximum atomic E-state index is 12.9. The van der Waals surface area contributed by atoms with Gasteiger partial charge in [-0.15, -0.1) is 0 Å². The van der Waals surface area contributed by atoms with Gasteiger partial charge in [-0.1, -0.05) is 12.1 Å². The van der Waals surface area contributed by atoms with Gasteiger partial charge in [0.25, 0.3) is 5.91 Å². The maximum Gasteiger partial charge on any atom is 0.261 e. The molecule has 0 N–H and O–H groups in total. The van der Waals surface area contributed by atoms with Crippen LogP contribution in [0.25, 0.3) is 11.0 Å². The van der Waals surface area contributed by atoms with Gasteiger partial charge in [0.1, 0.15) is 17.4 Å². The Kier molecular flexibility index (Phi) is 3.22. The van der Waals surface area contributed by atoms with E-state index in [2.05, 4.69) is 4.90 Å². The second-order valence-corrected chi connectivity index (χ2v) is 6.05. The van der Waals surface area contributed by atoms with Gasteiger partial charge in [0.2, 0.25) is 5.43 Å². The summed E-state index contributed by atoms with van der Waals surface area (Å²) >= 11 is 0. The van der Waals surface area contributed by atoms with E-state index in [4.69, 9.17) is 4.42 Å². The van der Waals surface area contributed by atoms with Crippen LogP contribution < -0.4 is 5.43 Å². The predicted octanol–water partition coefficient (Wildman–Crippen LogP) is 1.71. The molecule has 1 aromatic heterocycles. The lowest BCUT2D eigenvalue weighted by atomic mass is 10.0. The molecule has 3 saturated heterocycles. The third-order valence-corrected chi connectivity index (χ3v) is 4.83. The van der Waals surface area contributed by atoms with Crippen molar-refractivity contribution in [1.29, 1.82) is 0 Å². The number of carbonyl (C=O) groups is 1. The molecule has 0 aliphatic carbocycles. The molecule has 114 valence electrons. The summed E-state index contributed by atoms with van der Waals surface area (Å²) in [5.74, 6) is -0.187. The van der Waals surface area contributed by atoms with Gasteiger partial charge in [0, 0.05) is 32.2 Å². The van der Waals surface area contributed by atoms with Gasteiger partial charge in [0.05, 0.1) is 5.39 Å². The van der Waals surface area contributed by atoms with Crippen LogP contribution in [0.3, 0.4) is 0 Å². The zero-order valence-corrected chi connectivity index (χ0v) is 12.3. The van der Waals surface area contributed by atoms with Crippen LogP contribution in [-0.2, 0) is 0 Å². The minimum atomic E-state index is -0.231. The standard InChI is InChI=1S/C17H18N2O3/c20-16-13-3-1-2-4-15(13)22-11-14(16)17(21)19-10-9-18-7-5-12(19)6-8-18/h1-4,11-12H,5-10H2. The fourth-order valence-electron chi connectivity index (χ4n) is 3.53. The van der Waals surface area contributed by atoms with E-state index in [1.54, 1.807) is 18.2 Å². The molecule has 1 aromatic carbocycles. The van der Waals surface area contributed by atoms with Gasteiger partial charge >= 0.3 is 0 Å². The Balaban J connectivity index is 1.73. The first kappa shape index (κ1) is 13.5. The summed E-state index contributed by atoms with van der Waals surface area (Å²) in [6.07, 6.45) is 3.31. The highest BCUT2D eigenvalue weighted by atomic mass is 16.3. The lowest BCUT2D eigenvalue weighted by Gasteiger charge is -2.31. The van der Waals surface area contributed by atoms with E-state index in [0.29, 0.717) is 17.5 Å². The summed E-state index contributed by atoms with van der Waals surface area (Å²) in [6, 6.07) is 7.30.